The normalized spacial score (nSPS) is 23.0. The highest BCUT2D eigenvalue weighted by Crippen LogP contribution is 2.12. The van der Waals surface area contributed by atoms with Crippen LogP contribution in [0.15, 0.2) is 5.16 Å². The van der Waals surface area contributed by atoms with Crippen LogP contribution in [-0.2, 0) is 14.6 Å². The lowest BCUT2D eigenvalue weighted by Crippen LogP contribution is -2.45. The third-order valence-electron chi connectivity index (χ3n) is 2.85. The van der Waals surface area contributed by atoms with Crippen LogP contribution in [0.5, 0.6) is 0 Å². The average Bonchev–Trinajstić information content (AvgIpc) is 2.29. The molecule has 0 aromatic rings. The number of nitrogens with zero attached hydrogens (tertiary/aromatic N) is 1. The van der Waals surface area contributed by atoms with Gasteiger partial charge in [0.1, 0.15) is 9.84 Å². The number of nitrogens with one attached hydrogen (secondary N) is 1. The smallest absolute Gasteiger partial charge is 0.230 e. The second-order valence-corrected chi connectivity index (χ2v) is 6.48. The standard InChI is InChI=1S/C9H17N3O4S/c1-6(8(10)12-14)9(13)11-7-2-4-17(15,16)5-3-7/h6-7,14H,2-5H2,1H3,(H2,10,12)(H,11,13). The van der Waals surface area contributed by atoms with E-state index < -0.39 is 15.8 Å². The molecule has 1 heterocycles. The van der Waals surface area contributed by atoms with Crippen LogP contribution in [0.1, 0.15) is 19.8 Å². The Hall–Kier alpha value is -1.31. The summed E-state index contributed by atoms with van der Waals surface area (Å²) in [7, 11) is -2.93. The zero-order valence-corrected chi connectivity index (χ0v) is 10.4. The molecular weight excluding hydrogens is 246 g/mol. The van der Waals surface area contributed by atoms with E-state index in [1.54, 1.807) is 0 Å². The Bertz CT molecular complexity index is 404. The van der Waals surface area contributed by atoms with Crippen LogP contribution < -0.4 is 11.1 Å². The highest BCUT2D eigenvalue weighted by atomic mass is 32.2. The van der Waals surface area contributed by atoms with Gasteiger partial charge in [0.25, 0.3) is 0 Å². The Kier molecular flexibility index (Phi) is 4.33. The number of hydrogen-bond acceptors (Lipinski definition) is 5. The molecule has 1 saturated heterocycles. The van der Waals surface area contributed by atoms with E-state index >= 15 is 0 Å². The first-order valence-electron chi connectivity index (χ1n) is 5.34. The number of rotatable bonds is 3. The Morgan fingerprint density at radius 1 is 1.47 bits per heavy atom. The molecule has 1 atom stereocenters. The Balaban J connectivity index is 2.48. The van der Waals surface area contributed by atoms with E-state index in [0.717, 1.165) is 0 Å². The zero-order valence-electron chi connectivity index (χ0n) is 9.59. The number of hydrogen-bond donors (Lipinski definition) is 3. The lowest BCUT2D eigenvalue weighted by Gasteiger charge is -2.24. The Labute approximate surface area is 100.0 Å². The summed E-state index contributed by atoms with van der Waals surface area (Å²) in [5, 5.41) is 13.9. The van der Waals surface area contributed by atoms with Gasteiger partial charge in [0.15, 0.2) is 5.84 Å². The quantitative estimate of drug-likeness (QED) is 0.262. The summed E-state index contributed by atoms with van der Waals surface area (Å²) < 4.78 is 22.4. The SMILES string of the molecule is CC(C(=O)NC1CCS(=O)(=O)CC1)C(N)=NO. The summed E-state index contributed by atoms with van der Waals surface area (Å²) in [4.78, 5) is 11.6. The summed E-state index contributed by atoms with van der Waals surface area (Å²) in [6.07, 6.45) is 0.827. The first kappa shape index (κ1) is 13.8. The van der Waals surface area contributed by atoms with Crippen molar-refractivity contribution in [3.8, 4) is 0 Å². The minimum absolute atomic E-state index is 0.0932. The topological polar surface area (TPSA) is 122 Å². The fourth-order valence-electron chi connectivity index (χ4n) is 1.58. The van der Waals surface area contributed by atoms with Crippen molar-refractivity contribution in [2.75, 3.05) is 11.5 Å². The molecule has 17 heavy (non-hydrogen) atoms. The maximum absolute atomic E-state index is 11.6. The van der Waals surface area contributed by atoms with E-state index in [1.807, 2.05) is 0 Å². The van der Waals surface area contributed by atoms with Crippen LogP contribution in [0.25, 0.3) is 0 Å². The van der Waals surface area contributed by atoms with Crippen molar-refractivity contribution in [2.24, 2.45) is 16.8 Å². The summed E-state index contributed by atoms with van der Waals surface area (Å²) in [6.45, 7) is 1.52. The van der Waals surface area contributed by atoms with Gasteiger partial charge in [0.2, 0.25) is 5.91 Å². The van der Waals surface area contributed by atoms with Crippen molar-refractivity contribution < 1.29 is 18.4 Å². The molecule has 98 valence electrons. The van der Waals surface area contributed by atoms with Gasteiger partial charge in [-0.05, 0) is 19.8 Å². The van der Waals surface area contributed by atoms with Gasteiger partial charge in [-0.15, -0.1) is 0 Å². The van der Waals surface area contributed by atoms with Crippen molar-refractivity contribution in [1.29, 1.82) is 0 Å². The molecule has 0 radical (unpaired) electrons. The van der Waals surface area contributed by atoms with E-state index in [9.17, 15) is 13.2 Å². The molecule has 1 aliphatic heterocycles. The fraction of sp³-hybridized carbons (Fsp3) is 0.778. The molecule has 1 aliphatic rings. The second kappa shape index (κ2) is 5.35. The predicted octanol–water partition coefficient (Wildman–Crippen LogP) is -0.938. The van der Waals surface area contributed by atoms with Gasteiger partial charge in [0.05, 0.1) is 17.4 Å². The van der Waals surface area contributed by atoms with Crippen LogP contribution in [0, 0.1) is 5.92 Å². The molecule has 1 unspecified atom stereocenters. The first-order chi connectivity index (χ1) is 7.85. The number of nitrogens with two attached hydrogens (primary N) is 1. The summed E-state index contributed by atoms with van der Waals surface area (Å²) >= 11 is 0. The van der Waals surface area contributed by atoms with Gasteiger partial charge in [-0.1, -0.05) is 5.16 Å². The van der Waals surface area contributed by atoms with Crippen molar-refractivity contribution in [2.45, 2.75) is 25.8 Å². The summed E-state index contributed by atoms with van der Waals surface area (Å²) in [6, 6.07) is -0.153. The van der Waals surface area contributed by atoms with Gasteiger partial charge in [-0.2, -0.15) is 0 Å². The second-order valence-electron chi connectivity index (χ2n) is 4.18. The molecule has 1 rings (SSSR count). The van der Waals surface area contributed by atoms with E-state index in [-0.39, 0.29) is 29.3 Å². The molecule has 0 aliphatic carbocycles. The highest BCUT2D eigenvalue weighted by molar-refractivity contribution is 7.91. The molecule has 0 spiro atoms. The molecule has 8 heteroatoms. The molecule has 0 aromatic heterocycles. The van der Waals surface area contributed by atoms with E-state index in [4.69, 9.17) is 10.9 Å². The third kappa shape index (κ3) is 3.88. The Morgan fingerprint density at radius 2 is 2.00 bits per heavy atom. The molecule has 0 saturated carbocycles. The van der Waals surface area contributed by atoms with Crippen molar-refractivity contribution >= 4 is 21.6 Å². The number of amides is 1. The van der Waals surface area contributed by atoms with Crippen molar-refractivity contribution in [3.63, 3.8) is 0 Å². The molecule has 0 bridgehead atoms. The lowest BCUT2D eigenvalue weighted by atomic mass is 10.1. The molecule has 7 nitrogen and oxygen atoms in total. The lowest BCUT2D eigenvalue weighted by molar-refractivity contribution is -0.123. The minimum atomic E-state index is -2.93. The molecular formula is C9H17N3O4S. The predicted molar refractivity (Wildman–Crippen MR) is 62.4 cm³/mol. The Morgan fingerprint density at radius 3 is 2.47 bits per heavy atom. The van der Waals surface area contributed by atoms with Crippen LogP contribution in [0.4, 0.5) is 0 Å². The van der Waals surface area contributed by atoms with Gasteiger partial charge in [-0.3, -0.25) is 4.79 Å². The van der Waals surface area contributed by atoms with E-state index in [1.165, 1.54) is 6.92 Å². The number of oxime groups is 1. The van der Waals surface area contributed by atoms with Crippen molar-refractivity contribution in [3.05, 3.63) is 0 Å². The highest BCUT2D eigenvalue weighted by Gasteiger charge is 2.26. The number of amidine groups is 1. The summed E-state index contributed by atoms with van der Waals surface area (Å²) in [5.41, 5.74) is 5.31. The number of sulfone groups is 1. The number of carbonyl (C=O) groups excluding carboxylic acids is 1. The molecule has 1 fully saturated rings. The maximum Gasteiger partial charge on any atom is 0.230 e. The van der Waals surface area contributed by atoms with Gasteiger partial charge < -0.3 is 16.3 Å². The first-order valence-corrected chi connectivity index (χ1v) is 7.16. The fourth-order valence-corrected chi connectivity index (χ4v) is 3.07. The van der Waals surface area contributed by atoms with Gasteiger partial charge in [-0.25, -0.2) is 8.42 Å². The van der Waals surface area contributed by atoms with E-state index in [0.29, 0.717) is 12.8 Å². The molecule has 4 N–H and O–H groups in total. The van der Waals surface area contributed by atoms with Crippen molar-refractivity contribution in [1.82, 2.24) is 5.32 Å². The molecule has 1 amide bonds. The largest absolute Gasteiger partial charge is 0.409 e. The average molecular weight is 263 g/mol. The minimum Gasteiger partial charge on any atom is -0.409 e. The third-order valence-corrected chi connectivity index (χ3v) is 4.57. The van der Waals surface area contributed by atoms with Crippen LogP contribution in [0.2, 0.25) is 0 Å². The monoisotopic (exact) mass is 263 g/mol. The van der Waals surface area contributed by atoms with Gasteiger partial charge in [0, 0.05) is 6.04 Å². The number of carbonyl (C=O) groups is 1. The molecule has 0 aromatic carbocycles. The van der Waals surface area contributed by atoms with Crippen LogP contribution in [-0.4, -0.2) is 42.9 Å². The summed E-state index contributed by atoms with van der Waals surface area (Å²) in [5.74, 6) is -1.06. The van der Waals surface area contributed by atoms with Crippen LogP contribution >= 0.6 is 0 Å². The van der Waals surface area contributed by atoms with E-state index in [2.05, 4.69) is 10.5 Å². The maximum atomic E-state index is 11.6. The zero-order chi connectivity index (χ0) is 13.1. The van der Waals surface area contributed by atoms with Crippen LogP contribution in [0.3, 0.4) is 0 Å². The van der Waals surface area contributed by atoms with Gasteiger partial charge >= 0.3 is 0 Å².